The third-order valence-corrected chi connectivity index (χ3v) is 3.19. The summed E-state index contributed by atoms with van der Waals surface area (Å²) in [7, 11) is 0. The summed E-state index contributed by atoms with van der Waals surface area (Å²) >= 11 is 0. The molecule has 118 valence electrons. The maximum Gasteiger partial charge on any atom is 0.323 e. The third-order valence-electron chi connectivity index (χ3n) is 3.19. The van der Waals surface area contributed by atoms with Gasteiger partial charge in [0.25, 0.3) is 0 Å². The molecule has 0 saturated heterocycles. The number of nitrogens with one attached hydrogen (secondary N) is 3. The highest BCUT2D eigenvalue weighted by Crippen LogP contribution is 2.15. The number of benzene rings is 2. The number of carbonyl (C=O) groups excluding carboxylic acids is 2. The molecule has 0 aromatic heterocycles. The summed E-state index contributed by atoms with van der Waals surface area (Å²) in [6, 6.07) is 14.2. The molecule has 0 unspecified atom stereocenters. The van der Waals surface area contributed by atoms with Crippen LogP contribution < -0.4 is 16.0 Å². The zero-order valence-electron chi connectivity index (χ0n) is 12.9. The molecule has 3 N–H and O–H groups in total. The number of anilines is 3. The molecule has 0 atom stereocenters. The Hall–Kier alpha value is -3.08. The zero-order chi connectivity index (χ0) is 16.7. The van der Waals surface area contributed by atoms with Crippen LogP contribution in [0, 0.1) is 0 Å². The minimum Gasteiger partial charge on any atom is -0.323 e. The predicted octanol–water partition coefficient (Wildman–Crippen LogP) is 4.02. The van der Waals surface area contributed by atoms with Gasteiger partial charge in [0.15, 0.2) is 0 Å². The molecule has 2 rings (SSSR count). The van der Waals surface area contributed by atoms with Crippen LogP contribution in [0.15, 0.2) is 61.2 Å². The molecule has 23 heavy (non-hydrogen) atoms. The first-order valence-corrected chi connectivity index (χ1v) is 7.31. The van der Waals surface area contributed by atoms with E-state index in [1.54, 1.807) is 24.3 Å². The first-order chi connectivity index (χ1) is 11.1. The molecule has 0 fully saturated rings. The van der Waals surface area contributed by atoms with Crippen molar-refractivity contribution in [1.29, 1.82) is 0 Å². The fourth-order valence-corrected chi connectivity index (χ4v) is 1.99. The summed E-state index contributed by atoms with van der Waals surface area (Å²) in [5, 5.41) is 8.17. The molecular weight excluding hydrogens is 290 g/mol. The second-order valence-corrected chi connectivity index (χ2v) is 4.90. The van der Waals surface area contributed by atoms with Crippen molar-refractivity contribution in [3.63, 3.8) is 0 Å². The lowest BCUT2D eigenvalue weighted by atomic mass is 10.1. The molecule has 5 nitrogen and oxygen atoms in total. The standard InChI is InChI=1S/C18H19N3O2/c1-3-13-6-5-7-16(12-13)21-18(23)20-15-10-8-14(9-11-15)19-17(22)4-2/h4-12H,2-3H2,1H3,(H,19,22)(H2,20,21,23). The summed E-state index contributed by atoms with van der Waals surface area (Å²) in [5.74, 6) is -0.278. The number of carbonyl (C=O) groups is 2. The van der Waals surface area contributed by atoms with Crippen LogP contribution in [-0.4, -0.2) is 11.9 Å². The minimum atomic E-state index is -0.318. The molecule has 3 amide bonds. The number of amides is 3. The average molecular weight is 309 g/mol. The van der Waals surface area contributed by atoms with E-state index in [0.29, 0.717) is 11.4 Å². The Bertz CT molecular complexity index is 708. The van der Waals surface area contributed by atoms with E-state index in [1.807, 2.05) is 24.3 Å². The van der Waals surface area contributed by atoms with Crippen molar-refractivity contribution >= 4 is 29.0 Å². The van der Waals surface area contributed by atoms with Crippen molar-refractivity contribution in [2.75, 3.05) is 16.0 Å². The summed E-state index contributed by atoms with van der Waals surface area (Å²) in [6.07, 6.45) is 2.11. The van der Waals surface area contributed by atoms with Gasteiger partial charge in [-0.1, -0.05) is 25.6 Å². The van der Waals surface area contributed by atoms with Crippen molar-refractivity contribution in [2.45, 2.75) is 13.3 Å². The number of urea groups is 1. The molecule has 0 saturated carbocycles. The van der Waals surface area contributed by atoms with Crippen LogP contribution in [0.1, 0.15) is 12.5 Å². The van der Waals surface area contributed by atoms with Crippen molar-refractivity contribution in [3.8, 4) is 0 Å². The molecule has 0 spiro atoms. The van der Waals surface area contributed by atoms with Gasteiger partial charge in [-0.05, 0) is 54.5 Å². The van der Waals surface area contributed by atoms with Gasteiger partial charge in [0.05, 0.1) is 0 Å². The zero-order valence-corrected chi connectivity index (χ0v) is 12.9. The molecule has 0 aliphatic carbocycles. The van der Waals surface area contributed by atoms with E-state index in [9.17, 15) is 9.59 Å². The SMILES string of the molecule is C=CC(=O)Nc1ccc(NC(=O)Nc2cccc(CC)c2)cc1. The Kier molecular flexibility index (Phi) is 5.52. The highest BCUT2D eigenvalue weighted by atomic mass is 16.2. The largest absolute Gasteiger partial charge is 0.323 e. The van der Waals surface area contributed by atoms with Gasteiger partial charge in [0.2, 0.25) is 5.91 Å². The number of rotatable bonds is 5. The van der Waals surface area contributed by atoms with E-state index < -0.39 is 0 Å². The van der Waals surface area contributed by atoms with Crippen LogP contribution >= 0.6 is 0 Å². The van der Waals surface area contributed by atoms with Gasteiger partial charge in [0.1, 0.15) is 0 Å². The van der Waals surface area contributed by atoms with E-state index >= 15 is 0 Å². The lowest BCUT2D eigenvalue weighted by Crippen LogP contribution is -2.19. The van der Waals surface area contributed by atoms with Crippen LogP contribution in [0.25, 0.3) is 0 Å². The quantitative estimate of drug-likeness (QED) is 0.730. The Morgan fingerprint density at radius 3 is 2.17 bits per heavy atom. The van der Waals surface area contributed by atoms with Crippen LogP contribution in [-0.2, 0) is 11.2 Å². The summed E-state index contributed by atoms with van der Waals surface area (Å²) in [6.45, 7) is 5.45. The Balaban J connectivity index is 1.94. The Labute approximate surface area is 135 Å². The molecule has 0 aliphatic rings. The van der Waals surface area contributed by atoms with Crippen LogP contribution in [0.3, 0.4) is 0 Å². The maximum absolute atomic E-state index is 12.0. The lowest BCUT2D eigenvalue weighted by Gasteiger charge is -2.09. The first-order valence-electron chi connectivity index (χ1n) is 7.31. The van der Waals surface area contributed by atoms with Gasteiger partial charge >= 0.3 is 6.03 Å². The fraction of sp³-hybridized carbons (Fsp3) is 0.111. The first kappa shape index (κ1) is 16.3. The molecule has 0 aliphatic heterocycles. The molecule has 0 heterocycles. The highest BCUT2D eigenvalue weighted by molar-refractivity contribution is 6.01. The lowest BCUT2D eigenvalue weighted by molar-refractivity contribution is -0.111. The normalized spacial score (nSPS) is 9.78. The third kappa shape index (κ3) is 5.00. The van der Waals surface area contributed by atoms with Crippen LogP contribution in [0.4, 0.5) is 21.9 Å². The van der Waals surface area contributed by atoms with Crippen LogP contribution in [0.2, 0.25) is 0 Å². The smallest absolute Gasteiger partial charge is 0.323 e. The molecule has 0 bridgehead atoms. The van der Waals surface area contributed by atoms with E-state index in [-0.39, 0.29) is 11.9 Å². The molecule has 5 heteroatoms. The second kappa shape index (κ2) is 7.79. The van der Waals surface area contributed by atoms with Gasteiger partial charge in [-0.2, -0.15) is 0 Å². The second-order valence-electron chi connectivity index (χ2n) is 4.90. The van der Waals surface area contributed by atoms with Gasteiger partial charge in [-0.3, -0.25) is 4.79 Å². The van der Waals surface area contributed by atoms with Gasteiger partial charge in [0, 0.05) is 17.1 Å². The fourth-order valence-electron chi connectivity index (χ4n) is 1.99. The number of hydrogen-bond donors (Lipinski definition) is 3. The Morgan fingerprint density at radius 2 is 1.57 bits per heavy atom. The molecule has 2 aromatic carbocycles. The predicted molar refractivity (Wildman–Crippen MR) is 93.7 cm³/mol. The topological polar surface area (TPSA) is 70.2 Å². The van der Waals surface area contributed by atoms with Crippen LogP contribution in [0.5, 0.6) is 0 Å². The van der Waals surface area contributed by atoms with Crippen molar-refractivity contribution in [2.24, 2.45) is 0 Å². The van der Waals surface area contributed by atoms with E-state index in [2.05, 4.69) is 29.5 Å². The van der Waals surface area contributed by atoms with E-state index in [4.69, 9.17) is 0 Å². The van der Waals surface area contributed by atoms with Gasteiger partial charge < -0.3 is 16.0 Å². The van der Waals surface area contributed by atoms with E-state index in [1.165, 1.54) is 6.08 Å². The number of hydrogen-bond acceptors (Lipinski definition) is 2. The monoisotopic (exact) mass is 309 g/mol. The van der Waals surface area contributed by atoms with Crippen molar-refractivity contribution in [1.82, 2.24) is 0 Å². The molecular formula is C18H19N3O2. The Morgan fingerprint density at radius 1 is 0.957 bits per heavy atom. The maximum atomic E-state index is 12.0. The summed E-state index contributed by atoms with van der Waals surface area (Å²) in [5.41, 5.74) is 3.17. The highest BCUT2D eigenvalue weighted by Gasteiger charge is 2.04. The summed E-state index contributed by atoms with van der Waals surface area (Å²) in [4.78, 5) is 23.2. The molecule has 2 aromatic rings. The average Bonchev–Trinajstić information content (AvgIpc) is 2.56. The van der Waals surface area contributed by atoms with Gasteiger partial charge in [-0.25, -0.2) is 4.79 Å². The molecule has 0 radical (unpaired) electrons. The van der Waals surface area contributed by atoms with Gasteiger partial charge in [-0.15, -0.1) is 0 Å². The minimum absolute atomic E-state index is 0.278. The summed E-state index contributed by atoms with van der Waals surface area (Å²) < 4.78 is 0. The van der Waals surface area contributed by atoms with E-state index in [0.717, 1.165) is 17.7 Å². The van der Waals surface area contributed by atoms with Crippen molar-refractivity contribution < 1.29 is 9.59 Å². The van der Waals surface area contributed by atoms with Crippen molar-refractivity contribution in [3.05, 3.63) is 66.7 Å². The number of aryl methyl sites for hydroxylation is 1.